The van der Waals surface area contributed by atoms with Gasteiger partial charge in [0.05, 0.1) is 16.1 Å². The van der Waals surface area contributed by atoms with Gasteiger partial charge in [0.15, 0.2) is 5.65 Å². The first-order chi connectivity index (χ1) is 10.0. The maximum atomic E-state index is 6.27. The van der Waals surface area contributed by atoms with Crippen LogP contribution in [0.1, 0.15) is 28.8 Å². The molecule has 0 amide bonds. The molecule has 0 fully saturated rings. The molecule has 0 saturated heterocycles. The lowest BCUT2D eigenvalue weighted by Gasteiger charge is -2.08. The Morgan fingerprint density at radius 2 is 2.24 bits per heavy atom. The molecule has 3 heterocycles. The van der Waals surface area contributed by atoms with Crippen molar-refractivity contribution in [1.29, 1.82) is 0 Å². The zero-order chi connectivity index (χ0) is 15.0. The number of fused-ring (bicyclic) bond motifs is 1. The lowest BCUT2D eigenvalue weighted by atomic mass is 10.3. The molecule has 0 aliphatic rings. The van der Waals surface area contributed by atoms with Crippen molar-refractivity contribution in [1.82, 2.24) is 19.5 Å². The number of nitrogens with zero attached hydrogens (tertiary/aromatic N) is 4. The van der Waals surface area contributed by atoms with E-state index in [4.69, 9.17) is 11.6 Å². The number of hydrogen-bond acceptors (Lipinski definition) is 4. The van der Waals surface area contributed by atoms with Gasteiger partial charge < -0.3 is 4.57 Å². The summed E-state index contributed by atoms with van der Waals surface area (Å²) < 4.78 is 3.01. The van der Waals surface area contributed by atoms with Gasteiger partial charge in [0.2, 0.25) is 0 Å². The third-order valence-corrected chi connectivity index (χ3v) is 4.65. The van der Waals surface area contributed by atoms with Crippen LogP contribution in [0.4, 0.5) is 0 Å². The highest BCUT2D eigenvalue weighted by atomic mass is 79.9. The number of rotatable bonds is 4. The van der Waals surface area contributed by atoms with Crippen LogP contribution in [-0.4, -0.2) is 19.5 Å². The van der Waals surface area contributed by atoms with Crippen LogP contribution in [0.25, 0.3) is 11.2 Å². The third kappa shape index (κ3) is 3.12. The Balaban J connectivity index is 1.97. The molecule has 3 rings (SSSR count). The van der Waals surface area contributed by atoms with Gasteiger partial charge in [-0.2, -0.15) is 0 Å². The zero-order valence-corrected chi connectivity index (χ0v) is 14.8. The SMILES string of the molecule is Cc1nc(CCn2c(C(C)Cl)nc3cc(Br)cnc32)cs1. The third-order valence-electron chi connectivity index (χ3n) is 3.20. The van der Waals surface area contributed by atoms with E-state index in [1.165, 1.54) is 0 Å². The molecule has 3 aromatic rings. The summed E-state index contributed by atoms with van der Waals surface area (Å²) in [6.45, 7) is 4.73. The van der Waals surface area contributed by atoms with Crippen LogP contribution in [-0.2, 0) is 13.0 Å². The fourth-order valence-corrected chi connectivity index (χ4v) is 3.41. The largest absolute Gasteiger partial charge is 0.311 e. The molecule has 0 bridgehead atoms. The van der Waals surface area contributed by atoms with Crippen molar-refractivity contribution in [2.75, 3.05) is 0 Å². The molecule has 0 N–H and O–H groups in total. The maximum absolute atomic E-state index is 6.27. The minimum absolute atomic E-state index is 0.157. The van der Waals surface area contributed by atoms with E-state index in [1.54, 1.807) is 17.5 Å². The fraction of sp³-hybridized carbons (Fsp3) is 0.357. The number of aryl methyl sites for hydroxylation is 3. The van der Waals surface area contributed by atoms with Gasteiger partial charge in [-0.15, -0.1) is 22.9 Å². The Labute approximate surface area is 140 Å². The van der Waals surface area contributed by atoms with Gasteiger partial charge in [-0.25, -0.2) is 15.0 Å². The molecular formula is C14H14BrClN4S. The first-order valence-electron chi connectivity index (χ1n) is 6.61. The van der Waals surface area contributed by atoms with Crippen LogP contribution < -0.4 is 0 Å². The molecule has 0 aliphatic heterocycles. The molecular weight excluding hydrogens is 372 g/mol. The van der Waals surface area contributed by atoms with Gasteiger partial charge in [-0.3, -0.25) is 0 Å². The van der Waals surface area contributed by atoms with Crippen molar-refractivity contribution in [3.8, 4) is 0 Å². The van der Waals surface area contributed by atoms with Crippen LogP contribution in [0.5, 0.6) is 0 Å². The number of hydrogen-bond donors (Lipinski definition) is 0. The average Bonchev–Trinajstić information content (AvgIpc) is 2.99. The van der Waals surface area contributed by atoms with Crippen molar-refractivity contribution >= 4 is 50.0 Å². The molecule has 1 atom stereocenters. The lowest BCUT2D eigenvalue weighted by Crippen LogP contribution is -2.07. The highest BCUT2D eigenvalue weighted by Gasteiger charge is 2.16. The smallest absolute Gasteiger partial charge is 0.160 e. The van der Waals surface area contributed by atoms with Gasteiger partial charge in [0.25, 0.3) is 0 Å². The van der Waals surface area contributed by atoms with Crippen LogP contribution in [0.3, 0.4) is 0 Å². The molecule has 1 unspecified atom stereocenters. The predicted octanol–water partition coefficient (Wildman–Crippen LogP) is 4.50. The quantitative estimate of drug-likeness (QED) is 0.621. The van der Waals surface area contributed by atoms with Crippen molar-refractivity contribution in [3.05, 3.63) is 38.6 Å². The number of halogens is 2. The number of pyridine rings is 1. The molecule has 0 radical (unpaired) electrons. The lowest BCUT2D eigenvalue weighted by molar-refractivity contribution is 0.656. The van der Waals surface area contributed by atoms with Gasteiger partial charge >= 0.3 is 0 Å². The van der Waals surface area contributed by atoms with Crippen molar-refractivity contribution in [3.63, 3.8) is 0 Å². The molecule has 0 saturated carbocycles. The monoisotopic (exact) mass is 384 g/mol. The number of thiazole rings is 1. The predicted molar refractivity (Wildman–Crippen MR) is 90.1 cm³/mol. The average molecular weight is 386 g/mol. The van der Waals surface area contributed by atoms with Crippen LogP contribution in [0, 0.1) is 6.92 Å². The normalized spacial score (nSPS) is 13.0. The summed E-state index contributed by atoms with van der Waals surface area (Å²) in [5.41, 5.74) is 2.83. The first-order valence-corrected chi connectivity index (χ1v) is 8.72. The van der Waals surface area contributed by atoms with Crippen LogP contribution in [0.2, 0.25) is 0 Å². The summed E-state index contributed by atoms with van der Waals surface area (Å²) in [6, 6.07) is 1.97. The molecule has 0 aromatic carbocycles. The Bertz CT molecular complexity index is 780. The molecule has 110 valence electrons. The number of alkyl halides is 1. The van der Waals surface area contributed by atoms with Crippen molar-refractivity contribution < 1.29 is 0 Å². The summed E-state index contributed by atoms with van der Waals surface area (Å²) in [7, 11) is 0. The Hall–Kier alpha value is -0.980. The van der Waals surface area contributed by atoms with Crippen molar-refractivity contribution in [2.24, 2.45) is 0 Å². The van der Waals surface area contributed by atoms with E-state index in [1.807, 2.05) is 19.9 Å². The van der Waals surface area contributed by atoms with E-state index in [2.05, 4.69) is 40.8 Å². The van der Waals surface area contributed by atoms with Crippen LogP contribution in [0.15, 0.2) is 22.1 Å². The van der Waals surface area contributed by atoms with E-state index in [0.29, 0.717) is 0 Å². The Morgan fingerprint density at radius 1 is 1.43 bits per heavy atom. The Morgan fingerprint density at radius 3 is 2.90 bits per heavy atom. The Kier molecular flexibility index (Phi) is 4.28. The van der Waals surface area contributed by atoms with E-state index in [0.717, 1.165) is 45.1 Å². The second-order valence-electron chi connectivity index (χ2n) is 4.84. The van der Waals surface area contributed by atoms with Crippen LogP contribution >= 0.6 is 38.9 Å². The standard InChI is InChI=1S/C14H14BrClN4S/c1-8(16)13-19-12-5-10(15)6-17-14(12)20(13)4-3-11-7-21-9(2)18-11/h5-8H,3-4H2,1-2H3. The maximum Gasteiger partial charge on any atom is 0.160 e. The first kappa shape index (κ1) is 14.9. The minimum atomic E-state index is -0.157. The summed E-state index contributed by atoms with van der Waals surface area (Å²) in [4.78, 5) is 13.6. The molecule has 21 heavy (non-hydrogen) atoms. The van der Waals surface area contributed by atoms with E-state index < -0.39 is 0 Å². The highest BCUT2D eigenvalue weighted by Crippen LogP contribution is 2.25. The topological polar surface area (TPSA) is 43.6 Å². The number of imidazole rings is 1. The summed E-state index contributed by atoms with van der Waals surface area (Å²) in [5, 5.41) is 3.03. The summed E-state index contributed by atoms with van der Waals surface area (Å²) >= 11 is 11.4. The van der Waals surface area contributed by atoms with Gasteiger partial charge in [0.1, 0.15) is 11.3 Å². The van der Waals surface area contributed by atoms with Gasteiger partial charge in [0, 0.05) is 29.0 Å². The van der Waals surface area contributed by atoms with Gasteiger partial charge in [-0.1, -0.05) is 0 Å². The minimum Gasteiger partial charge on any atom is -0.311 e. The van der Waals surface area contributed by atoms with E-state index in [9.17, 15) is 0 Å². The molecule has 4 nitrogen and oxygen atoms in total. The molecule has 7 heteroatoms. The van der Waals surface area contributed by atoms with Crippen molar-refractivity contribution in [2.45, 2.75) is 32.2 Å². The molecule has 0 spiro atoms. The summed E-state index contributed by atoms with van der Waals surface area (Å²) in [6.07, 6.45) is 2.64. The van der Waals surface area contributed by atoms with Gasteiger partial charge in [-0.05, 0) is 35.8 Å². The zero-order valence-electron chi connectivity index (χ0n) is 11.7. The summed E-state index contributed by atoms with van der Waals surface area (Å²) in [5.74, 6) is 0.851. The fourth-order valence-electron chi connectivity index (χ4n) is 2.28. The second-order valence-corrected chi connectivity index (χ2v) is 7.47. The molecule has 3 aromatic heterocycles. The highest BCUT2D eigenvalue weighted by molar-refractivity contribution is 9.10. The van der Waals surface area contributed by atoms with E-state index >= 15 is 0 Å². The molecule has 0 aliphatic carbocycles. The number of aromatic nitrogens is 4. The second kappa shape index (κ2) is 6.02. The van der Waals surface area contributed by atoms with E-state index in [-0.39, 0.29) is 5.38 Å².